The largest absolute Gasteiger partial charge is 0.497 e. The van der Waals surface area contributed by atoms with Gasteiger partial charge in [-0.15, -0.1) is 0 Å². The fourth-order valence-electron chi connectivity index (χ4n) is 2.14. The van der Waals surface area contributed by atoms with Crippen molar-refractivity contribution in [3.05, 3.63) is 29.8 Å². The van der Waals surface area contributed by atoms with Crippen molar-refractivity contribution >= 4 is 5.96 Å². The van der Waals surface area contributed by atoms with Crippen molar-refractivity contribution < 1.29 is 4.74 Å². The average molecular weight is 264 g/mol. The lowest BCUT2D eigenvalue weighted by atomic mass is 10.0. The smallest absolute Gasteiger partial charge is 0.185 e. The molecule has 19 heavy (non-hydrogen) atoms. The van der Waals surface area contributed by atoms with Gasteiger partial charge in [0, 0.05) is 0 Å². The molecule has 0 saturated heterocycles. The number of nitrogens with two attached hydrogens (primary N) is 2. The van der Waals surface area contributed by atoms with E-state index in [2.05, 4.69) is 29.8 Å². The van der Waals surface area contributed by atoms with Crippen LogP contribution in [0, 0.1) is 0 Å². The summed E-state index contributed by atoms with van der Waals surface area (Å²) in [6.07, 6.45) is 0. The second-order valence-electron chi connectivity index (χ2n) is 4.28. The van der Waals surface area contributed by atoms with Crippen LogP contribution < -0.4 is 16.2 Å². The van der Waals surface area contributed by atoms with Crippen molar-refractivity contribution in [3.8, 4) is 5.75 Å². The summed E-state index contributed by atoms with van der Waals surface area (Å²) in [5.41, 5.74) is 12.0. The Hall–Kier alpha value is -1.75. The molecule has 4 N–H and O–H groups in total. The van der Waals surface area contributed by atoms with Crippen molar-refractivity contribution in [2.45, 2.75) is 19.9 Å². The van der Waals surface area contributed by atoms with Gasteiger partial charge in [0.25, 0.3) is 0 Å². The standard InChI is InChI=1S/C14H24N4O/c1-4-18(5-2)13(10-17-14(15)16)11-7-6-8-12(9-11)19-3/h6-9,13H,4-5,10H2,1-3H3,(H4,15,16,17). The van der Waals surface area contributed by atoms with Gasteiger partial charge in [-0.05, 0) is 30.8 Å². The van der Waals surface area contributed by atoms with Gasteiger partial charge < -0.3 is 16.2 Å². The van der Waals surface area contributed by atoms with Crippen LogP contribution in [0.15, 0.2) is 29.3 Å². The van der Waals surface area contributed by atoms with E-state index in [0.29, 0.717) is 6.54 Å². The van der Waals surface area contributed by atoms with Crippen LogP contribution >= 0.6 is 0 Å². The van der Waals surface area contributed by atoms with Gasteiger partial charge in [-0.1, -0.05) is 26.0 Å². The zero-order valence-electron chi connectivity index (χ0n) is 12.0. The van der Waals surface area contributed by atoms with Gasteiger partial charge in [-0.25, -0.2) is 0 Å². The second kappa shape index (κ2) is 7.63. The molecule has 0 saturated carbocycles. The zero-order valence-corrected chi connectivity index (χ0v) is 12.0. The fraction of sp³-hybridized carbons (Fsp3) is 0.500. The van der Waals surface area contributed by atoms with Crippen LogP contribution in [0.1, 0.15) is 25.5 Å². The highest BCUT2D eigenvalue weighted by Gasteiger charge is 2.18. The number of benzene rings is 1. The van der Waals surface area contributed by atoms with Gasteiger partial charge in [0.2, 0.25) is 0 Å². The molecule has 0 aliphatic heterocycles. The summed E-state index contributed by atoms with van der Waals surface area (Å²) in [7, 11) is 1.67. The quantitative estimate of drug-likeness (QED) is 0.576. The molecule has 0 radical (unpaired) electrons. The third-order valence-electron chi connectivity index (χ3n) is 3.18. The van der Waals surface area contributed by atoms with Gasteiger partial charge >= 0.3 is 0 Å². The average Bonchev–Trinajstić information content (AvgIpc) is 2.43. The first-order valence-corrected chi connectivity index (χ1v) is 6.55. The minimum absolute atomic E-state index is 0.125. The maximum Gasteiger partial charge on any atom is 0.185 e. The highest BCUT2D eigenvalue weighted by molar-refractivity contribution is 5.75. The van der Waals surface area contributed by atoms with E-state index in [0.717, 1.165) is 24.4 Å². The van der Waals surface area contributed by atoms with Crippen LogP contribution in [0.25, 0.3) is 0 Å². The molecule has 1 aromatic carbocycles. The summed E-state index contributed by atoms with van der Waals surface area (Å²) in [5.74, 6) is 0.972. The molecule has 0 aliphatic carbocycles. The highest BCUT2D eigenvalue weighted by Crippen LogP contribution is 2.24. The minimum atomic E-state index is 0.125. The van der Waals surface area contributed by atoms with Crippen molar-refractivity contribution in [2.75, 3.05) is 26.7 Å². The summed E-state index contributed by atoms with van der Waals surface area (Å²) in [5, 5.41) is 0. The molecule has 1 rings (SSSR count). The number of nitrogens with zero attached hydrogens (tertiary/aromatic N) is 2. The van der Waals surface area contributed by atoms with E-state index in [1.807, 2.05) is 18.2 Å². The monoisotopic (exact) mass is 264 g/mol. The zero-order chi connectivity index (χ0) is 14.3. The third kappa shape index (κ3) is 4.44. The van der Waals surface area contributed by atoms with Crippen LogP contribution in [-0.2, 0) is 0 Å². The molecule has 0 bridgehead atoms. The molecular weight excluding hydrogens is 240 g/mol. The van der Waals surface area contributed by atoms with E-state index in [9.17, 15) is 0 Å². The Kier molecular flexibility index (Phi) is 6.15. The van der Waals surface area contributed by atoms with Crippen LogP contribution in [0.4, 0.5) is 0 Å². The lowest BCUT2D eigenvalue weighted by Crippen LogP contribution is -2.32. The Labute approximate surface area is 115 Å². The number of ether oxygens (including phenoxy) is 1. The molecule has 0 fully saturated rings. The second-order valence-corrected chi connectivity index (χ2v) is 4.28. The molecule has 1 aromatic rings. The summed E-state index contributed by atoms with van der Waals surface area (Å²) in [6.45, 7) is 6.70. The topological polar surface area (TPSA) is 76.9 Å². The van der Waals surface area contributed by atoms with Gasteiger partial charge in [-0.3, -0.25) is 9.89 Å². The summed E-state index contributed by atoms with van der Waals surface area (Å²) in [6, 6.07) is 8.19. The molecule has 5 heteroatoms. The van der Waals surface area contributed by atoms with Crippen molar-refractivity contribution in [2.24, 2.45) is 16.5 Å². The first kappa shape index (κ1) is 15.3. The van der Waals surface area contributed by atoms with E-state index in [1.54, 1.807) is 7.11 Å². The fourth-order valence-corrected chi connectivity index (χ4v) is 2.14. The molecule has 0 amide bonds. The Morgan fingerprint density at radius 2 is 2.00 bits per heavy atom. The van der Waals surface area contributed by atoms with Crippen LogP contribution in [-0.4, -0.2) is 37.6 Å². The Bertz CT molecular complexity index is 412. The van der Waals surface area contributed by atoms with Gasteiger partial charge in [0.1, 0.15) is 5.75 Å². The number of rotatable bonds is 7. The van der Waals surface area contributed by atoms with Crippen LogP contribution in [0.3, 0.4) is 0 Å². The number of guanidine groups is 1. The summed E-state index contributed by atoms with van der Waals surface area (Å²) >= 11 is 0. The minimum Gasteiger partial charge on any atom is -0.497 e. The lowest BCUT2D eigenvalue weighted by molar-refractivity contribution is 0.224. The maximum atomic E-state index is 5.44. The molecule has 0 spiro atoms. The predicted molar refractivity (Wildman–Crippen MR) is 79.3 cm³/mol. The number of aliphatic imine (C=N–C) groups is 1. The number of methoxy groups -OCH3 is 1. The number of hydrogen-bond donors (Lipinski definition) is 2. The van der Waals surface area contributed by atoms with Crippen molar-refractivity contribution in [1.82, 2.24) is 4.90 Å². The highest BCUT2D eigenvalue weighted by atomic mass is 16.5. The van der Waals surface area contributed by atoms with E-state index < -0.39 is 0 Å². The van der Waals surface area contributed by atoms with Crippen LogP contribution in [0.5, 0.6) is 5.75 Å². The lowest BCUT2D eigenvalue weighted by Gasteiger charge is -2.29. The first-order chi connectivity index (χ1) is 9.12. The third-order valence-corrected chi connectivity index (χ3v) is 3.18. The molecule has 1 unspecified atom stereocenters. The summed E-state index contributed by atoms with van der Waals surface area (Å²) in [4.78, 5) is 6.48. The number of likely N-dealkylation sites (N-methyl/N-ethyl adjacent to an activating group) is 1. The van der Waals surface area contributed by atoms with Gasteiger partial charge in [0.15, 0.2) is 5.96 Å². The first-order valence-electron chi connectivity index (χ1n) is 6.55. The maximum absolute atomic E-state index is 5.44. The van der Waals surface area contributed by atoms with Gasteiger partial charge in [0.05, 0.1) is 19.7 Å². The van der Waals surface area contributed by atoms with E-state index in [-0.39, 0.29) is 12.0 Å². The molecule has 0 heterocycles. The Balaban J connectivity index is 3.02. The van der Waals surface area contributed by atoms with Crippen molar-refractivity contribution in [3.63, 3.8) is 0 Å². The number of hydrogen-bond acceptors (Lipinski definition) is 3. The van der Waals surface area contributed by atoms with E-state index in [1.165, 1.54) is 0 Å². The van der Waals surface area contributed by atoms with E-state index in [4.69, 9.17) is 16.2 Å². The molecule has 0 aliphatic rings. The predicted octanol–water partition coefficient (Wildman–Crippen LogP) is 1.35. The molecule has 0 aromatic heterocycles. The Morgan fingerprint density at radius 1 is 1.32 bits per heavy atom. The Morgan fingerprint density at radius 3 is 2.53 bits per heavy atom. The SMILES string of the molecule is CCN(CC)C(CN=C(N)N)c1cccc(OC)c1. The summed E-state index contributed by atoms with van der Waals surface area (Å²) < 4.78 is 5.27. The molecule has 5 nitrogen and oxygen atoms in total. The van der Waals surface area contributed by atoms with Gasteiger partial charge in [-0.2, -0.15) is 0 Å². The van der Waals surface area contributed by atoms with E-state index >= 15 is 0 Å². The van der Waals surface area contributed by atoms with Crippen LogP contribution in [0.2, 0.25) is 0 Å². The molecular formula is C14H24N4O. The van der Waals surface area contributed by atoms with Crippen molar-refractivity contribution in [1.29, 1.82) is 0 Å². The normalized spacial score (nSPS) is 12.2. The molecule has 106 valence electrons. The molecule has 1 atom stereocenters.